The van der Waals surface area contributed by atoms with Crippen molar-refractivity contribution in [2.75, 3.05) is 13.2 Å². The van der Waals surface area contributed by atoms with E-state index in [1.807, 2.05) is 18.2 Å². The standard InChI is InChI=1S/C16H20O4/c17-16(18)10-13(11-3-1-4-11)12-5-6-14-15(9-12)20-8-2-7-19-14/h5-6,9,11,13H,1-4,7-8,10H2,(H,17,18). The monoisotopic (exact) mass is 276 g/mol. The number of carbonyl (C=O) groups is 1. The molecule has 1 aromatic rings. The van der Waals surface area contributed by atoms with Crippen molar-refractivity contribution in [3.63, 3.8) is 0 Å². The van der Waals surface area contributed by atoms with E-state index >= 15 is 0 Å². The Labute approximate surface area is 118 Å². The molecule has 2 aliphatic rings. The highest BCUT2D eigenvalue weighted by Gasteiger charge is 2.30. The minimum Gasteiger partial charge on any atom is -0.490 e. The Bertz CT molecular complexity index is 493. The zero-order chi connectivity index (χ0) is 13.9. The average Bonchev–Trinajstić information content (AvgIpc) is 2.59. The molecule has 0 spiro atoms. The lowest BCUT2D eigenvalue weighted by molar-refractivity contribution is -0.138. The lowest BCUT2D eigenvalue weighted by Crippen LogP contribution is -2.22. The molecule has 4 heteroatoms. The summed E-state index contributed by atoms with van der Waals surface area (Å²) in [5, 5.41) is 9.14. The molecule has 1 aliphatic heterocycles. The van der Waals surface area contributed by atoms with Gasteiger partial charge in [-0.3, -0.25) is 4.79 Å². The van der Waals surface area contributed by atoms with Crippen LogP contribution in [0.2, 0.25) is 0 Å². The number of hydrogen-bond acceptors (Lipinski definition) is 3. The molecule has 0 bridgehead atoms. The number of carboxylic acid groups (broad SMARTS) is 1. The molecule has 1 fully saturated rings. The van der Waals surface area contributed by atoms with Crippen molar-refractivity contribution in [3.8, 4) is 11.5 Å². The molecule has 0 saturated heterocycles. The number of hydrogen-bond donors (Lipinski definition) is 1. The Balaban J connectivity index is 1.86. The van der Waals surface area contributed by atoms with E-state index < -0.39 is 5.97 Å². The van der Waals surface area contributed by atoms with Gasteiger partial charge in [0, 0.05) is 6.42 Å². The largest absolute Gasteiger partial charge is 0.490 e. The first-order chi connectivity index (χ1) is 9.74. The fourth-order valence-electron chi connectivity index (χ4n) is 3.00. The van der Waals surface area contributed by atoms with Crippen LogP contribution >= 0.6 is 0 Å². The van der Waals surface area contributed by atoms with E-state index in [-0.39, 0.29) is 12.3 Å². The molecule has 4 nitrogen and oxygen atoms in total. The minimum atomic E-state index is -0.728. The van der Waals surface area contributed by atoms with Gasteiger partial charge < -0.3 is 14.6 Å². The van der Waals surface area contributed by atoms with Crippen LogP contribution in [-0.4, -0.2) is 24.3 Å². The number of rotatable bonds is 4. The predicted molar refractivity (Wildman–Crippen MR) is 74.4 cm³/mol. The fraction of sp³-hybridized carbons (Fsp3) is 0.562. The van der Waals surface area contributed by atoms with Crippen LogP contribution < -0.4 is 9.47 Å². The number of ether oxygens (including phenoxy) is 2. The number of benzene rings is 1. The highest BCUT2D eigenvalue weighted by atomic mass is 16.5. The van der Waals surface area contributed by atoms with Crippen LogP contribution in [0, 0.1) is 5.92 Å². The lowest BCUT2D eigenvalue weighted by atomic mass is 9.71. The molecule has 1 unspecified atom stereocenters. The van der Waals surface area contributed by atoms with Gasteiger partial charge in [0.1, 0.15) is 0 Å². The van der Waals surface area contributed by atoms with Crippen molar-refractivity contribution in [2.24, 2.45) is 5.92 Å². The molecule has 1 aliphatic carbocycles. The molecule has 1 saturated carbocycles. The van der Waals surface area contributed by atoms with E-state index in [1.165, 1.54) is 6.42 Å². The summed E-state index contributed by atoms with van der Waals surface area (Å²) >= 11 is 0. The molecule has 1 N–H and O–H groups in total. The normalized spacial score (nSPS) is 19.8. The first-order valence-corrected chi connectivity index (χ1v) is 7.35. The topological polar surface area (TPSA) is 55.8 Å². The third-order valence-electron chi connectivity index (χ3n) is 4.31. The smallest absolute Gasteiger partial charge is 0.303 e. The maximum absolute atomic E-state index is 11.1. The predicted octanol–water partition coefficient (Wildman–Crippen LogP) is 3.21. The summed E-state index contributed by atoms with van der Waals surface area (Å²) in [7, 11) is 0. The summed E-state index contributed by atoms with van der Waals surface area (Å²) in [6, 6.07) is 5.90. The van der Waals surface area contributed by atoms with Gasteiger partial charge in [0.15, 0.2) is 11.5 Å². The molecule has 1 aromatic carbocycles. The fourth-order valence-corrected chi connectivity index (χ4v) is 3.00. The molecule has 0 radical (unpaired) electrons. The molecule has 0 amide bonds. The van der Waals surface area contributed by atoms with E-state index in [1.54, 1.807) is 0 Å². The highest BCUT2D eigenvalue weighted by molar-refractivity contribution is 5.68. The Morgan fingerprint density at radius 1 is 1.20 bits per heavy atom. The van der Waals surface area contributed by atoms with Gasteiger partial charge in [-0.05, 0) is 42.4 Å². The van der Waals surface area contributed by atoms with Crippen molar-refractivity contribution < 1.29 is 19.4 Å². The van der Waals surface area contributed by atoms with Crippen molar-refractivity contribution in [2.45, 2.75) is 38.0 Å². The molecule has 20 heavy (non-hydrogen) atoms. The second-order valence-corrected chi connectivity index (χ2v) is 5.65. The zero-order valence-corrected chi connectivity index (χ0v) is 11.5. The second kappa shape index (κ2) is 5.73. The van der Waals surface area contributed by atoms with E-state index in [4.69, 9.17) is 14.6 Å². The lowest BCUT2D eigenvalue weighted by Gasteiger charge is -2.33. The molecule has 3 rings (SSSR count). The van der Waals surface area contributed by atoms with E-state index in [0.29, 0.717) is 19.1 Å². The minimum absolute atomic E-state index is 0.0957. The Kier molecular flexibility index (Phi) is 3.81. The maximum atomic E-state index is 11.1. The van der Waals surface area contributed by atoms with Crippen molar-refractivity contribution in [1.82, 2.24) is 0 Å². The quantitative estimate of drug-likeness (QED) is 0.917. The molecular formula is C16H20O4. The number of fused-ring (bicyclic) bond motifs is 1. The van der Waals surface area contributed by atoms with Gasteiger partial charge in [-0.25, -0.2) is 0 Å². The third-order valence-corrected chi connectivity index (χ3v) is 4.31. The summed E-state index contributed by atoms with van der Waals surface area (Å²) in [4.78, 5) is 11.1. The molecule has 0 aromatic heterocycles. The highest BCUT2D eigenvalue weighted by Crippen LogP contribution is 2.43. The van der Waals surface area contributed by atoms with Crippen LogP contribution in [-0.2, 0) is 4.79 Å². The summed E-state index contributed by atoms with van der Waals surface area (Å²) in [5.74, 6) is 1.40. The molecule has 1 atom stereocenters. The number of aliphatic carboxylic acids is 1. The van der Waals surface area contributed by atoms with E-state index in [0.717, 1.165) is 36.3 Å². The van der Waals surface area contributed by atoms with Crippen LogP contribution in [0.15, 0.2) is 18.2 Å². The Hall–Kier alpha value is -1.71. The van der Waals surface area contributed by atoms with E-state index in [2.05, 4.69) is 0 Å². The Morgan fingerprint density at radius 2 is 1.95 bits per heavy atom. The average molecular weight is 276 g/mol. The van der Waals surface area contributed by atoms with Crippen LogP contribution in [0.1, 0.15) is 43.6 Å². The Morgan fingerprint density at radius 3 is 2.60 bits per heavy atom. The van der Waals surface area contributed by atoms with Crippen molar-refractivity contribution in [1.29, 1.82) is 0 Å². The second-order valence-electron chi connectivity index (χ2n) is 5.65. The van der Waals surface area contributed by atoms with Crippen LogP contribution in [0.25, 0.3) is 0 Å². The van der Waals surface area contributed by atoms with Crippen LogP contribution in [0.4, 0.5) is 0 Å². The molecule has 108 valence electrons. The van der Waals surface area contributed by atoms with Gasteiger partial charge >= 0.3 is 5.97 Å². The summed E-state index contributed by atoms with van der Waals surface area (Å²) in [6.07, 6.45) is 4.56. The van der Waals surface area contributed by atoms with Gasteiger partial charge in [0.2, 0.25) is 0 Å². The first-order valence-electron chi connectivity index (χ1n) is 7.35. The number of carboxylic acids is 1. The first kappa shape index (κ1) is 13.3. The van der Waals surface area contributed by atoms with Gasteiger partial charge in [0.25, 0.3) is 0 Å². The van der Waals surface area contributed by atoms with Gasteiger partial charge in [-0.2, -0.15) is 0 Å². The summed E-state index contributed by atoms with van der Waals surface area (Å²) < 4.78 is 11.3. The SMILES string of the molecule is O=C(O)CC(c1ccc2c(c1)OCCCO2)C1CCC1. The van der Waals surface area contributed by atoms with E-state index in [9.17, 15) is 4.79 Å². The van der Waals surface area contributed by atoms with Crippen molar-refractivity contribution in [3.05, 3.63) is 23.8 Å². The van der Waals surface area contributed by atoms with Gasteiger partial charge in [-0.15, -0.1) is 0 Å². The van der Waals surface area contributed by atoms with Gasteiger partial charge in [-0.1, -0.05) is 12.5 Å². The summed E-state index contributed by atoms with van der Waals surface area (Å²) in [6.45, 7) is 1.33. The van der Waals surface area contributed by atoms with Gasteiger partial charge in [0.05, 0.1) is 19.6 Å². The molecule has 1 heterocycles. The van der Waals surface area contributed by atoms with Crippen LogP contribution in [0.3, 0.4) is 0 Å². The third kappa shape index (κ3) is 2.74. The maximum Gasteiger partial charge on any atom is 0.303 e. The zero-order valence-electron chi connectivity index (χ0n) is 11.5. The summed E-state index contributed by atoms with van der Waals surface area (Å²) in [5.41, 5.74) is 1.07. The van der Waals surface area contributed by atoms with Crippen molar-refractivity contribution >= 4 is 5.97 Å². The van der Waals surface area contributed by atoms with Crippen LogP contribution in [0.5, 0.6) is 11.5 Å². The molecular weight excluding hydrogens is 256 g/mol.